The molecule has 0 aliphatic carbocycles. The topological polar surface area (TPSA) is 44.1 Å². The van der Waals surface area contributed by atoms with E-state index in [1.807, 2.05) is 30.3 Å². The normalized spacial score (nSPS) is 10.2. The van der Waals surface area contributed by atoms with Crippen LogP contribution in [0.2, 0.25) is 0 Å². The molecule has 0 bridgehead atoms. The first kappa shape index (κ1) is 11.9. The van der Waals surface area contributed by atoms with Gasteiger partial charge in [-0.3, -0.25) is 4.79 Å². The standard InChI is InChI=1S/C12H11BrN2O2/c1-17-11-10(13)7-14-15(12(11)16)8-9-5-3-2-4-6-9/h2-7H,8H2,1H3. The van der Waals surface area contributed by atoms with E-state index < -0.39 is 0 Å². The summed E-state index contributed by atoms with van der Waals surface area (Å²) in [6, 6.07) is 9.68. The fourth-order valence-electron chi connectivity index (χ4n) is 1.50. The molecule has 0 fully saturated rings. The Kier molecular flexibility index (Phi) is 3.58. The number of rotatable bonds is 3. The lowest BCUT2D eigenvalue weighted by molar-refractivity contribution is 0.395. The van der Waals surface area contributed by atoms with Gasteiger partial charge in [-0.25, -0.2) is 4.68 Å². The first-order valence-electron chi connectivity index (χ1n) is 5.06. The summed E-state index contributed by atoms with van der Waals surface area (Å²) in [6.07, 6.45) is 1.56. The molecule has 88 valence electrons. The molecule has 2 rings (SSSR count). The highest BCUT2D eigenvalue weighted by atomic mass is 79.9. The molecule has 1 aromatic carbocycles. The minimum absolute atomic E-state index is 0.245. The van der Waals surface area contributed by atoms with E-state index in [1.165, 1.54) is 11.8 Å². The number of methoxy groups -OCH3 is 1. The summed E-state index contributed by atoms with van der Waals surface area (Å²) in [4.78, 5) is 12.0. The number of halogens is 1. The Balaban J connectivity index is 2.38. The van der Waals surface area contributed by atoms with Crippen molar-refractivity contribution in [2.45, 2.75) is 6.54 Å². The molecule has 0 spiro atoms. The zero-order chi connectivity index (χ0) is 12.3. The van der Waals surface area contributed by atoms with Gasteiger partial charge in [0.2, 0.25) is 5.75 Å². The molecule has 0 aliphatic rings. The van der Waals surface area contributed by atoms with Crippen LogP contribution in [0, 0.1) is 0 Å². The van der Waals surface area contributed by atoms with Crippen molar-refractivity contribution in [3.63, 3.8) is 0 Å². The third-order valence-electron chi connectivity index (χ3n) is 2.34. The van der Waals surface area contributed by atoms with E-state index in [0.717, 1.165) is 5.56 Å². The van der Waals surface area contributed by atoms with Crippen molar-refractivity contribution >= 4 is 15.9 Å². The fourth-order valence-corrected chi connectivity index (χ4v) is 1.93. The summed E-state index contributed by atoms with van der Waals surface area (Å²) < 4.78 is 6.97. The van der Waals surface area contributed by atoms with Crippen LogP contribution in [0.3, 0.4) is 0 Å². The van der Waals surface area contributed by atoms with E-state index in [2.05, 4.69) is 21.0 Å². The second-order valence-corrected chi connectivity index (χ2v) is 4.33. The molecular weight excluding hydrogens is 284 g/mol. The average molecular weight is 295 g/mol. The van der Waals surface area contributed by atoms with E-state index in [4.69, 9.17) is 4.74 Å². The van der Waals surface area contributed by atoms with Gasteiger partial charge in [-0.2, -0.15) is 5.10 Å². The van der Waals surface area contributed by atoms with Crippen LogP contribution in [0.25, 0.3) is 0 Å². The van der Waals surface area contributed by atoms with E-state index in [1.54, 1.807) is 6.20 Å². The first-order chi connectivity index (χ1) is 8.22. The maximum atomic E-state index is 12.0. The molecule has 1 heterocycles. The highest BCUT2D eigenvalue weighted by Crippen LogP contribution is 2.17. The number of benzene rings is 1. The van der Waals surface area contributed by atoms with Crippen molar-refractivity contribution in [1.29, 1.82) is 0 Å². The summed E-state index contributed by atoms with van der Waals surface area (Å²) >= 11 is 3.23. The van der Waals surface area contributed by atoms with Crippen molar-refractivity contribution in [1.82, 2.24) is 9.78 Å². The van der Waals surface area contributed by atoms with Crippen LogP contribution in [-0.4, -0.2) is 16.9 Å². The van der Waals surface area contributed by atoms with Crippen molar-refractivity contribution in [3.8, 4) is 5.75 Å². The van der Waals surface area contributed by atoms with Crippen LogP contribution in [0.5, 0.6) is 5.75 Å². The van der Waals surface area contributed by atoms with Crippen molar-refractivity contribution in [2.24, 2.45) is 0 Å². The third-order valence-corrected chi connectivity index (χ3v) is 2.90. The SMILES string of the molecule is COc1c(Br)cnn(Cc2ccccc2)c1=O. The summed E-state index contributed by atoms with van der Waals surface area (Å²) in [7, 11) is 1.47. The summed E-state index contributed by atoms with van der Waals surface area (Å²) in [6.45, 7) is 0.434. The largest absolute Gasteiger partial charge is 0.490 e. The second kappa shape index (κ2) is 5.14. The molecule has 0 unspecified atom stereocenters. The molecule has 0 amide bonds. The fraction of sp³-hybridized carbons (Fsp3) is 0.167. The average Bonchev–Trinajstić information content (AvgIpc) is 2.35. The van der Waals surface area contributed by atoms with E-state index in [-0.39, 0.29) is 11.3 Å². The van der Waals surface area contributed by atoms with Gasteiger partial charge in [0.15, 0.2) is 0 Å². The zero-order valence-corrected chi connectivity index (χ0v) is 10.8. The lowest BCUT2D eigenvalue weighted by Gasteiger charge is -2.07. The number of hydrogen-bond acceptors (Lipinski definition) is 3. The van der Waals surface area contributed by atoms with Crippen molar-refractivity contribution in [2.75, 3.05) is 7.11 Å². The molecule has 1 aromatic heterocycles. The van der Waals surface area contributed by atoms with Crippen LogP contribution in [0.1, 0.15) is 5.56 Å². The molecule has 0 aliphatic heterocycles. The number of aromatic nitrogens is 2. The van der Waals surface area contributed by atoms with Gasteiger partial charge in [0.25, 0.3) is 0 Å². The van der Waals surface area contributed by atoms with Gasteiger partial charge in [-0.1, -0.05) is 30.3 Å². The van der Waals surface area contributed by atoms with Crippen molar-refractivity contribution in [3.05, 3.63) is 56.9 Å². The smallest absolute Gasteiger partial charge is 0.310 e. The highest BCUT2D eigenvalue weighted by Gasteiger charge is 2.09. The minimum atomic E-state index is -0.245. The molecule has 0 atom stereocenters. The Hall–Kier alpha value is -1.62. The Labute approximate surface area is 107 Å². The molecule has 0 saturated carbocycles. The van der Waals surface area contributed by atoms with E-state index in [9.17, 15) is 4.79 Å². The Bertz CT molecular complexity index is 566. The van der Waals surface area contributed by atoms with Crippen LogP contribution in [-0.2, 0) is 6.54 Å². The van der Waals surface area contributed by atoms with Gasteiger partial charge in [0.1, 0.15) is 0 Å². The first-order valence-corrected chi connectivity index (χ1v) is 5.85. The molecule has 0 N–H and O–H groups in total. The Morgan fingerprint density at radius 2 is 2.06 bits per heavy atom. The summed E-state index contributed by atoms with van der Waals surface area (Å²) in [5, 5.41) is 4.06. The van der Waals surface area contributed by atoms with Crippen LogP contribution in [0.15, 0.2) is 45.8 Å². The van der Waals surface area contributed by atoms with E-state index >= 15 is 0 Å². The van der Waals surface area contributed by atoms with Gasteiger partial charge in [-0.05, 0) is 21.5 Å². The molecule has 0 saturated heterocycles. The van der Waals surface area contributed by atoms with Gasteiger partial charge in [0, 0.05) is 0 Å². The quantitative estimate of drug-likeness (QED) is 0.870. The molecule has 17 heavy (non-hydrogen) atoms. The monoisotopic (exact) mass is 294 g/mol. The zero-order valence-electron chi connectivity index (χ0n) is 9.26. The minimum Gasteiger partial charge on any atom is -0.490 e. The number of nitrogens with zero attached hydrogens (tertiary/aromatic N) is 2. The van der Waals surface area contributed by atoms with Crippen LogP contribution < -0.4 is 10.3 Å². The van der Waals surface area contributed by atoms with Gasteiger partial charge in [-0.15, -0.1) is 0 Å². The maximum absolute atomic E-state index is 12.0. The number of hydrogen-bond donors (Lipinski definition) is 0. The lowest BCUT2D eigenvalue weighted by atomic mass is 10.2. The van der Waals surface area contributed by atoms with Crippen LogP contribution in [0.4, 0.5) is 0 Å². The maximum Gasteiger partial charge on any atom is 0.310 e. The van der Waals surface area contributed by atoms with Gasteiger partial charge >= 0.3 is 5.56 Å². The molecule has 5 heteroatoms. The lowest BCUT2D eigenvalue weighted by Crippen LogP contribution is -2.24. The Morgan fingerprint density at radius 1 is 1.35 bits per heavy atom. The summed E-state index contributed by atoms with van der Waals surface area (Å²) in [5.74, 6) is 0.274. The van der Waals surface area contributed by atoms with Crippen molar-refractivity contribution < 1.29 is 4.74 Å². The summed E-state index contributed by atoms with van der Waals surface area (Å²) in [5.41, 5.74) is 0.775. The molecular formula is C12H11BrN2O2. The molecule has 4 nitrogen and oxygen atoms in total. The van der Waals surface area contributed by atoms with Gasteiger partial charge in [0.05, 0.1) is 24.3 Å². The molecule has 0 radical (unpaired) electrons. The number of ether oxygens (including phenoxy) is 1. The van der Waals surface area contributed by atoms with Gasteiger partial charge < -0.3 is 4.74 Å². The predicted molar refractivity (Wildman–Crippen MR) is 68.3 cm³/mol. The second-order valence-electron chi connectivity index (χ2n) is 3.47. The predicted octanol–water partition coefficient (Wildman–Crippen LogP) is 2.06. The van der Waals surface area contributed by atoms with Crippen LogP contribution >= 0.6 is 15.9 Å². The van der Waals surface area contributed by atoms with E-state index in [0.29, 0.717) is 11.0 Å². The molecule has 2 aromatic rings. The highest BCUT2D eigenvalue weighted by molar-refractivity contribution is 9.10. The Morgan fingerprint density at radius 3 is 2.71 bits per heavy atom. The third kappa shape index (κ3) is 2.55.